The maximum Gasteiger partial charge on any atom is 0.224 e. The highest BCUT2D eigenvalue weighted by atomic mass is 16.6. The molecule has 1 saturated carbocycles. The Hall–Kier alpha value is -1.96. The van der Waals surface area contributed by atoms with E-state index in [9.17, 15) is 14.7 Å². The Balaban J connectivity index is 1.67. The van der Waals surface area contributed by atoms with Crippen molar-refractivity contribution in [2.75, 3.05) is 25.1 Å². The van der Waals surface area contributed by atoms with Crippen LogP contribution in [0.2, 0.25) is 0 Å². The van der Waals surface area contributed by atoms with E-state index in [0.29, 0.717) is 19.6 Å². The largest absolute Gasteiger partial charge is 0.378 e. The number of amides is 2. The SMILES string of the molecule is CC(=O)N(C)CC[C@]12c3ccccc3N(C(C)=O)[C@H]1[C@@H]1CO[C@H](C)[C@H]3[C@@H]1C[C@@H]2O[C@@H]3O. The number of hydrogen-bond acceptors (Lipinski definition) is 5. The fraction of sp³-hybridized carbons (Fsp3) is 0.667. The second-order valence-corrected chi connectivity index (χ2v) is 9.78. The van der Waals surface area contributed by atoms with Crippen molar-refractivity contribution in [2.45, 2.75) is 63.6 Å². The van der Waals surface area contributed by atoms with E-state index in [2.05, 4.69) is 6.07 Å². The molecule has 0 aromatic heterocycles. The van der Waals surface area contributed by atoms with Crippen LogP contribution in [0, 0.1) is 17.8 Å². The highest BCUT2D eigenvalue weighted by molar-refractivity contribution is 5.96. The summed E-state index contributed by atoms with van der Waals surface area (Å²) in [5.74, 6) is 0.267. The van der Waals surface area contributed by atoms with Gasteiger partial charge >= 0.3 is 0 Å². The Morgan fingerprint density at radius 3 is 2.71 bits per heavy atom. The number of anilines is 1. The molecule has 7 heteroatoms. The number of rotatable bonds is 3. The molecule has 2 bridgehead atoms. The van der Waals surface area contributed by atoms with Gasteiger partial charge in [-0.05, 0) is 37.3 Å². The summed E-state index contributed by atoms with van der Waals surface area (Å²) < 4.78 is 12.5. The topological polar surface area (TPSA) is 79.3 Å². The standard InChI is InChI=1S/C24H32N2O5/c1-13-21-16-11-20(31-23(21)29)24(9-10-25(4)14(2)27)18-7-5-6-8-19(18)26(15(3)28)22(24)17(16)12-30-13/h5-8,13,16-17,20-23,29H,9-12H2,1-4H3/t13-,16-,17-,20+,21+,22+,23+,24-/m1/s1. The van der Waals surface area contributed by atoms with Crippen LogP contribution in [0.3, 0.4) is 0 Å². The van der Waals surface area contributed by atoms with Gasteiger partial charge in [0.05, 0.1) is 24.9 Å². The van der Waals surface area contributed by atoms with Gasteiger partial charge in [0.25, 0.3) is 0 Å². The first-order valence-corrected chi connectivity index (χ1v) is 11.3. The molecule has 168 valence electrons. The van der Waals surface area contributed by atoms with Crippen molar-refractivity contribution in [1.82, 2.24) is 4.90 Å². The number of hydrogen-bond donors (Lipinski definition) is 1. The number of nitrogens with zero attached hydrogens (tertiary/aromatic N) is 2. The molecule has 3 fully saturated rings. The molecule has 3 aliphatic heterocycles. The third-order valence-electron chi connectivity index (χ3n) is 8.45. The summed E-state index contributed by atoms with van der Waals surface area (Å²) in [7, 11) is 1.81. The number of carbonyl (C=O) groups is 2. The summed E-state index contributed by atoms with van der Waals surface area (Å²) in [6.07, 6.45) is 0.309. The van der Waals surface area contributed by atoms with Crippen molar-refractivity contribution >= 4 is 17.5 Å². The first kappa shape index (κ1) is 20.9. The quantitative estimate of drug-likeness (QED) is 0.796. The van der Waals surface area contributed by atoms with E-state index in [4.69, 9.17) is 9.47 Å². The van der Waals surface area contributed by atoms with Crippen molar-refractivity contribution in [3.05, 3.63) is 29.8 Å². The van der Waals surface area contributed by atoms with Gasteiger partial charge < -0.3 is 24.4 Å². The number of para-hydroxylation sites is 1. The molecule has 0 unspecified atom stereocenters. The van der Waals surface area contributed by atoms with Gasteiger partial charge in [-0.1, -0.05) is 18.2 Å². The fourth-order valence-electron chi connectivity index (χ4n) is 7.00. The lowest BCUT2D eigenvalue weighted by atomic mass is 9.53. The lowest BCUT2D eigenvalue weighted by Crippen LogP contribution is -2.70. The van der Waals surface area contributed by atoms with Crippen molar-refractivity contribution in [3.8, 4) is 0 Å². The molecule has 0 radical (unpaired) electrons. The lowest BCUT2D eigenvalue weighted by Gasteiger charge is -2.61. The molecule has 4 aliphatic rings. The first-order valence-electron chi connectivity index (χ1n) is 11.3. The average molecular weight is 429 g/mol. The molecule has 2 saturated heterocycles. The predicted molar refractivity (Wildman–Crippen MR) is 114 cm³/mol. The predicted octanol–water partition coefficient (Wildman–Crippen LogP) is 1.92. The highest BCUT2D eigenvalue weighted by Gasteiger charge is 2.68. The average Bonchev–Trinajstić information content (AvgIpc) is 3.03. The minimum Gasteiger partial charge on any atom is -0.378 e. The van der Waals surface area contributed by atoms with Crippen LogP contribution in [0.15, 0.2) is 24.3 Å². The van der Waals surface area contributed by atoms with Gasteiger partial charge in [-0.2, -0.15) is 0 Å². The summed E-state index contributed by atoms with van der Waals surface area (Å²) in [4.78, 5) is 28.6. The maximum atomic E-state index is 13.0. The molecule has 1 N–H and O–H groups in total. The van der Waals surface area contributed by atoms with Gasteiger partial charge in [0.2, 0.25) is 11.8 Å². The van der Waals surface area contributed by atoms with Crippen LogP contribution < -0.4 is 4.90 Å². The van der Waals surface area contributed by atoms with E-state index in [1.54, 1.807) is 25.8 Å². The molecule has 31 heavy (non-hydrogen) atoms. The minimum atomic E-state index is -0.886. The minimum absolute atomic E-state index is 0.00920. The Labute approximate surface area is 183 Å². The van der Waals surface area contributed by atoms with Crippen molar-refractivity contribution in [1.29, 1.82) is 0 Å². The normalized spacial score (nSPS) is 40.2. The van der Waals surface area contributed by atoms with Gasteiger partial charge in [-0.3, -0.25) is 9.59 Å². The summed E-state index contributed by atoms with van der Waals surface area (Å²) >= 11 is 0. The van der Waals surface area contributed by atoms with Crippen LogP contribution in [0.1, 0.15) is 39.2 Å². The second kappa shape index (κ2) is 7.29. The van der Waals surface area contributed by atoms with E-state index in [1.807, 2.05) is 30.0 Å². The van der Waals surface area contributed by atoms with Gasteiger partial charge in [-0.25, -0.2) is 0 Å². The zero-order valence-electron chi connectivity index (χ0n) is 18.7. The highest BCUT2D eigenvalue weighted by Crippen LogP contribution is 2.62. The molecular formula is C24H32N2O5. The van der Waals surface area contributed by atoms with E-state index in [0.717, 1.165) is 17.7 Å². The van der Waals surface area contributed by atoms with Crippen LogP contribution >= 0.6 is 0 Å². The number of carbonyl (C=O) groups excluding carboxylic acids is 2. The third kappa shape index (κ3) is 2.82. The number of benzene rings is 1. The summed E-state index contributed by atoms with van der Waals surface area (Å²) in [6, 6.07) is 7.95. The summed E-state index contributed by atoms with van der Waals surface area (Å²) in [5, 5.41) is 11.0. The molecule has 2 amide bonds. The summed E-state index contributed by atoms with van der Waals surface area (Å²) in [5.41, 5.74) is 1.51. The maximum absolute atomic E-state index is 13.0. The van der Waals surface area contributed by atoms with Crippen LogP contribution in [-0.4, -0.2) is 66.6 Å². The Morgan fingerprint density at radius 2 is 2.00 bits per heavy atom. The second-order valence-electron chi connectivity index (χ2n) is 9.78. The van der Waals surface area contributed by atoms with E-state index in [1.165, 1.54) is 0 Å². The van der Waals surface area contributed by atoms with Crippen molar-refractivity contribution in [2.24, 2.45) is 17.8 Å². The summed E-state index contributed by atoms with van der Waals surface area (Å²) in [6.45, 7) is 6.31. The molecule has 8 atom stereocenters. The number of ether oxygens (including phenoxy) is 2. The molecule has 1 aliphatic carbocycles. The Kier molecular flexibility index (Phi) is 4.92. The zero-order chi connectivity index (χ0) is 22.1. The van der Waals surface area contributed by atoms with Gasteiger partial charge in [-0.15, -0.1) is 0 Å². The molecule has 1 aromatic carbocycles. The van der Waals surface area contributed by atoms with Gasteiger partial charge in [0.1, 0.15) is 0 Å². The number of aliphatic hydroxyl groups is 1. The molecule has 1 aromatic rings. The van der Waals surface area contributed by atoms with Gasteiger partial charge in [0.15, 0.2) is 6.29 Å². The van der Waals surface area contributed by atoms with Crippen molar-refractivity contribution in [3.63, 3.8) is 0 Å². The third-order valence-corrected chi connectivity index (χ3v) is 8.45. The zero-order valence-corrected chi connectivity index (χ0v) is 18.7. The number of aliphatic hydroxyl groups excluding tert-OH is 1. The molecule has 0 spiro atoms. The Bertz CT molecular complexity index is 906. The monoisotopic (exact) mass is 428 g/mol. The fourth-order valence-corrected chi connectivity index (χ4v) is 7.00. The molecular weight excluding hydrogens is 396 g/mol. The van der Waals surface area contributed by atoms with Crippen LogP contribution in [-0.2, 0) is 24.5 Å². The molecule has 3 heterocycles. The van der Waals surface area contributed by atoms with Crippen molar-refractivity contribution < 1.29 is 24.2 Å². The van der Waals surface area contributed by atoms with Crippen LogP contribution in [0.4, 0.5) is 5.69 Å². The Morgan fingerprint density at radius 1 is 1.26 bits per heavy atom. The first-order chi connectivity index (χ1) is 14.8. The van der Waals surface area contributed by atoms with E-state index < -0.39 is 11.7 Å². The van der Waals surface area contributed by atoms with Gasteiger partial charge in [0, 0.05) is 50.4 Å². The smallest absolute Gasteiger partial charge is 0.224 e. The van der Waals surface area contributed by atoms with E-state index >= 15 is 0 Å². The van der Waals surface area contributed by atoms with Crippen LogP contribution in [0.25, 0.3) is 0 Å². The lowest BCUT2D eigenvalue weighted by molar-refractivity contribution is -0.297. The molecule has 5 rings (SSSR count). The van der Waals surface area contributed by atoms with Crippen LogP contribution in [0.5, 0.6) is 0 Å². The molecule has 7 nitrogen and oxygen atoms in total. The van der Waals surface area contributed by atoms with E-state index in [-0.39, 0.29) is 47.8 Å². The number of fused-ring (bicyclic) bond motifs is 6.